The van der Waals surface area contributed by atoms with Crippen LogP contribution in [0, 0.1) is 0 Å². The van der Waals surface area contributed by atoms with E-state index in [0.717, 1.165) is 12.0 Å². The Kier molecular flexibility index (Phi) is 6.71. The maximum Gasteiger partial charge on any atom is 0.0727 e. The molecule has 0 aromatic heterocycles. The SMILES string of the molecule is CC[C@@H](CO)N=Cc1ccccc1P(c1ccccc1)c1ccccc1. The highest BCUT2D eigenvalue weighted by atomic mass is 31.1. The van der Waals surface area contributed by atoms with E-state index in [1.165, 1.54) is 15.9 Å². The first kappa shape index (κ1) is 18.5. The normalized spacial score (nSPS) is 12.6. The van der Waals surface area contributed by atoms with E-state index in [-0.39, 0.29) is 12.6 Å². The first-order valence-electron chi connectivity index (χ1n) is 8.96. The molecule has 3 aromatic rings. The summed E-state index contributed by atoms with van der Waals surface area (Å²) < 4.78 is 0. The van der Waals surface area contributed by atoms with Gasteiger partial charge in [0, 0.05) is 11.8 Å². The lowest BCUT2D eigenvalue weighted by Crippen LogP contribution is -2.23. The van der Waals surface area contributed by atoms with Crippen molar-refractivity contribution in [1.82, 2.24) is 0 Å². The van der Waals surface area contributed by atoms with Crippen molar-refractivity contribution in [2.75, 3.05) is 6.61 Å². The van der Waals surface area contributed by atoms with Crippen molar-refractivity contribution in [2.45, 2.75) is 19.4 Å². The van der Waals surface area contributed by atoms with Gasteiger partial charge in [-0.2, -0.15) is 0 Å². The molecule has 0 heterocycles. The van der Waals surface area contributed by atoms with Crippen LogP contribution in [0.2, 0.25) is 0 Å². The van der Waals surface area contributed by atoms with E-state index in [1.807, 2.05) is 19.2 Å². The van der Waals surface area contributed by atoms with Crippen LogP contribution >= 0.6 is 7.92 Å². The summed E-state index contributed by atoms with van der Waals surface area (Å²) in [5.74, 6) is 0. The number of nitrogens with zero attached hydrogens (tertiary/aromatic N) is 1. The van der Waals surface area contributed by atoms with E-state index in [2.05, 4.69) is 83.9 Å². The number of aliphatic hydroxyl groups excluding tert-OH is 1. The van der Waals surface area contributed by atoms with Crippen LogP contribution < -0.4 is 15.9 Å². The maximum atomic E-state index is 9.43. The van der Waals surface area contributed by atoms with E-state index < -0.39 is 7.92 Å². The average molecular weight is 361 g/mol. The number of benzene rings is 3. The van der Waals surface area contributed by atoms with Gasteiger partial charge in [0.2, 0.25) is 0 Å². The lowest BCUT2D eigenvalue weighted by Gasteiger charge is -2.21. The minimum Gasteiger partial charge on any atom is -0.394 e. The topological polar surface area (TPSA) is 32.6 Å². The zero-order valence-electron chi connectivity index (χ0n) is 15.0. The van der Waals surface area contributed by atoms with Gasteiger partial charge in [-0.1, -0.05) is 91.9 Å². The van der Waals surface area contributed by atoms with Crippen molar-refractivity contribution in [2.24, 2.45) is 4.99 Å². The second kappa shape index (κ2) is 9.43. The van der Waals surface area contributed by atoms with Crippen LogP contribution in [-0.4, -0.2) is 24.0 Å². The zero-order valence-corrected chi connectivity index (χ0v) is 15.9. The van der Waals surface area contributed by atoms with Gasteiger partial charge in [0.15, 0.2) is 0 Å². The largest absolute Gasteiger partial charge is 0.394 e. The number of aliphatic hydroxyl groups is 1. The number of aliphatic imine (C=N–C) groups is 1. The molecule has 0 aliphatic heterocycles. The molecule has 0 aliphatic carbocycles. The quantitative estimate of drug-likeness (QED) is 0.506. The van der Waals surface area contributed by atoms with Gasteiger partial charge >= 0.3 is 0 Å². The van der Waals surface area contributed by atoms with Gasteiger partial charge in [0.1, 0.15) is 0 Å². The highest BCUT2D eigenvalue weighted by molar-refractivity contribution is 7.80. The molecule has 3 heteroatoms. The molecule has 0 unspecified atom stereocenters. The minimum atomic E-state index is -0.660. The van der Waals surface area contributed by atoms with E-state index in [1.54, 1.807) is 0 Å². The molecule has 0 spiro atoms. The Morgan fingerprint density at radius 2 is 1.38 bits per heavy atom. The summed E-state index contributed by atoms with van der Waals surface area (Å²) in [7, 11) is -0.660. The first-order chi connectivity index (χ1) is 12.8. The average Bonchev–Trinajstić information content (AvgIpc) is 2.72. The number of hydrogen-bond donors (Lipinski definition) is 1. The van der Waals surface area contributed by atoms with Gasteiger partial charge in [-0.3, -0.25) is 4.99 Å². The molecule has 1 atom stereocenters. The molecular formula is C23H24NOP. The molecule has 2 nitrogen and oxygen atoms in total. The van der Waals surface area contributed by atoms with Gasteiger partial charge in [0.25, 0.3) is 0 Å². The Hall–Kier alpha value is -2.28. The van der Waals surface area contributed by atoms with Gasteiger partial charge in [-0.15, -0.1) is 0 Å². The molecule has 3 aromatic carbocycles. The first-order valence-corrected chi connectivity index (χ1v) is 10.3. The fourth-order valence-corrected chi connectivity index (χ4v) is 5.27. The summed E-state index contributed by atoms with van der Waals surface area (Å²) in [5, 5.41) is 13.4. The van der Waals surface area contributed by atoms with Gasteiger partial charge in [-0.05, 0) is 30.3 Å². The molecule has 0 fully saturated rings. The summed E-state index contributed by atoms with van der Waals surface area (Å²) in [6.07, 6.45) is 2.77. The molecule has 0 bridgehead atoms. The summed E-state index contributed by atoms with van der Waals surface area (Å²) >= 11 is 0. The van der Waals surface area contributed by atoms with Crippen LogP contribution in [-0.2, 0) is 0 Å². The third kappa shape index (κ3) is 4.46. The summed E-state index contributed by atoms with van der Waals surface area (Å²) in [5.41, 5.74) is 1.12. The number of hydrogen-bond acceptors (Lipinski definition) is 2. The van der Waals surface area contributed by atoms with Crippen molar-refractivity contribution < 1.29 is 5.11 Å². The predicted octanol–water partition coefficient (Wildman–Crippen LogP) is 3.63. The Morgan fingerprint density at radius 3 is 1.92 bits per heavy atom. The van der Waals surface area contributed by atoms with Crippen LogP contribution in [0.4, 0.5) is 0 Å². The molecule has 26 heavy (non-hydrogen) atoms. The molecule has 0 amide bonds. The fraction of sp³-hybridized carbons (Fsp3) is 0.174. The van der Waals surface area contributed by atoms with Crippen molar-refractivity contribution >= 4 is 30.0 Å². The van der Waals surface area contributed by atoms with Crippen LogP contribution in [0.1, 0.15) is 18.9 Å². The fourth-order valence-electron chi connectivity index (χ4n) is 2.85. The second-order valence-corrected chi connectivity index (χ2v) is 8.27. The Bertz CT molecular complexity index is 790. The summed E-state index contributed by atoms with van der Waals surface area (Å²) in [4.78, 5) is 4.60. The van der Waals surface area contributed by atoms with Crippen LogP contribution in [0.25, 0.3) is 0 Å². The molecule has 1 N–H and O–H groups in total. The summed E-state index contributed by atoms with van der Waals surface area (Å²) in [6, 6.07) is 29.8. The van der Waals surface area contributed by atoms with E-state index >= 15 is 0 Å². The predicted molar refractivity (Wildman–Crippen MR) is 114 cm³/mol. The molecular weight excluding hydrogens is 337 g/mol. The molecule has 0 saturated heterocycles. The lowest BCUT2D eigenvalue weighted by atomic mass is 10.2. The zero-order chi connectivity index (χ0) is 18.2. The van der Waals surface area contributed by atoms with Crippen molar-refractivity contribution in [1.29, 1.82) is 0 Å². The van der Waals surface area contributed by atoms with Gasteiger partial charge in [0.05, 0.1) is 12.6 Å². The van der Waals surface area contributed by atoms with Crippen molar-refractivity contribution in [3.63, 3.8) is 0 Å². The molecule has 0 aliphatic rings. The maximum absolute atomic E-state index is 9.43. The van der Waals surface area contributed by atoms with Crippen LogP contribution in [0.5, 0.6) is 0 Å². The molecule has 132 valence electrons. The molecule has 3 rings (SSSR count). The smallest absolute Gasteiger partial charge is 0.0727 e. The Balaban J connectivity index is 2.08. The Morgan fingerprint density at radius 1 is 0.846 bits per heavy atom. The monoisotopic (exact) mass is 361 g/mol. The van der Waals surface area contributed by atoms with E-state index in [4.69, 9.17) is 0 Å². The summed E-state index contributed by atoms with van der Waals surface area (Å²) in [6.45, 7) is 2.13. The highest BCUT2D eigenvalue weighted by Crippen LogP contribution is 2.33. The van der Waals surface area contributed by atoms with E-state index in [9.17, 15) is 5.11 Å². The van der Waals surface area contributed by atoms with Gasteiger partial charge in [-0.25, -0.2) is 0 Å². The Labute approximate surface area is 157 Å². The third-order valence-electron chi connectivity index (χ3n) is 4.31. The van der Waals surface area contributed by atoms with Crippen LogP contribution in [0.3, 0.4) is 0 Å². The van der Waals surface area contributed by atoms with Crippen LogP contribution in [0.15, 0.2) is 89.9 Å². The van der Waals surface area contributed by atoms with Crippen molar-refractivity contribution in [3.8, 4) is 0 Å². The standard InChI is InChI=1S/C23H24NOP/c1-2-20(18-25)24-17-19-11-9-10-16-23(19)26(21-12-5-3-6-13-21)22-14-7-4-8-15-22/h3-17,20,25H,2,18H2,1H3/t20-/m0/s1. The molecule has 0 saturated carbocycles. The number of rotatable bonds is 7. The highest BCUT2D eigenvalue weighted by Gasteiger charge is 2.18. The van der Waals surface area contributed by atoms with Crippen molar-refractivity contribution in [3.05, 3.63) is 90.5 Å². The second-order valence-electron chi connectivity index (χ2n) is 6.09. The lowest BCUT2D eigenvalue weighted by molar-refractivity contribution is 0.264. The molecule has 0 radical (unpaired) electrons. The van der Waals surface area contributed by atoms with Gasteiger partial charge < -0.3 is 5.11 Å². The van der Waals surface area contributed by atoms with E-state index in [0.29, 0.717) is 0 Å². The minimum absolute atomic E-state index is 0.0391. The third-order valence-corrected chi connectivity index (χ3v) is 6.83.